The van der Waals surface area contributed by atoms with Crippen molar-refractivity contribution >= 4 is 17.3 Å². The number of oxime groups is 1. The zero-order valence-electron chi connectivity index (χ0n) is 12.6. The fraction of sp³-hybridized carbons (Fsp3) is 0.278. The molecule has 114 valence electrons. The first kappa shape index (κ1) is 15.1. The van der Waals surface area contributed by atoms with E-state index in [4.69, 9.17) is 16.4 Å². The van der Waals surface area contributed by atoms with Crippen molar-refractivity contribution in [3.05, 3.63) is 70.2 Å². The summed E-state index contributed by atoms with van der Waals surface area (Å²) in [6.45, 7) is 3.83. The van der Waals surface area contributed by atoms with Crippen LogP contribution in [-0.2, 0) is 11.4 Å². The highest BCUT2D eigenvalue weighted by Crippen LogP contribution is 2.16. The summed E-state index contributed by atoms with van der Waals surface area (Å²) in [4.78, 5) is 5.54. The van der Waals surface area contributed by atoms with Gasteiger partial charge in [0.2, 0.25) is 0 Å². The van der Waals surface area contributed by atoms with E-state index in [1.807, 2.05) is 18.2 Å². The average molecular weight is 316 g/mol. The molecule has 1 heterocycles. The Morgan fingerprint density at radius 2 is 1.95 bits per heavy atom. The van der Waals surface area contributed by atoms with E-state index in [-0.39, 0.29) is 6.10 Å². The van der Waals surface area contributed by atoms with Gasteiger partial charge in [-0.05, 0) is 18.6 Å². The van der Waals surface area contributed by atoms with E-state index in [9.17, 15) is 0 Å². The lowest BCUT2D eigenvalue weighted by atomic mass is 10.0. The zero-order valence-corrected chi connectivity index (χ0v) is 13.4. The number of aryl methyl sites for hydroxylation is 1. The third kappa shape index (κ3) is 3.67. The van der Waals surface area contributed by atoms with Gasteiger partial charge in [0.05, 0.1) is 5.71 Å². The lowest BCUT2D eigenvalue weighted by Gasteiger charge is -2.08. The maximum atomic E-state index is 6.16. The number of nitrogens with two attached hydrogens (primary N) is 1. The molecule has 2 aromatic carbocycles. The Kier molecular flexibility index (Phi) is 4.76. The van der Waals surface area contributed by atoms with Gasteiger partial charge >= 0.3 is 0 Å². The smallest absolute Gasteiger partial charge is 0.181 e. The van der Waals surface area contributed by atoms with Gasteiger partial charge in [0.15, 0.2) is 6.10 Å². The molecule has 0 aliphatic carbocycles. The van der Waals surface area contributed by atoms with Crippen LogP contribution >= 0.6 is 11.6 Å². The fourth-order valence-corrected chi connectivity index (χ4v) is 2.77. The molecule has 0 saturated heterocycles. The van der Waals surface area contributed by atoms with Crippen LogP contribution in [0.3, 0.4) is 0 Å². The van der Waals surface area contributed by atoms with Gasteiger partial charge in [-0.3, -0.25) is 0 Å². The predicted molar refractivity (Wildman–Crippen MR) is 89.2 cm³/mol. The standard InChI is InChI=1S/C18H19ClN2O/c1-13-6-8-14(9-7-13)18-10-16(22-21-18)12-20-11-15-4-2-3-5-17(15)19/h2-9,16,20H,10-12H2,1H3/p+1/t16-/m1/s1. The highest BCUT2D eigenvalue weighted by atomic mass is 35.5. The predicted octanol–water partition coefficient (Wildman–Crippen LogP) is 2.91. The molecule has 0 radical (unpaired) electrons. The molecule has 0 spiro atoms. The molecule has 0 bridgehead atoms. The van der Waals surface area contributed by atoms with Crippen LogP contribution < -0.4 is 5.32 Å². The first-order valence-electron chi connectivity index (χ1n) is 7.57. The molecule has 0 unspecified atom stereocenters. The number of rotatable bonds is 5. The summed E-state index contributed by atoms with van der Waals surface area (Å²) in [5, 5.41) is 7.27. The van der Waals surface area contributed by atoms with Crippen molar-refractivity contribution in [3.63, 3.8) is 0 Å². The molecule has 3 rings (SSSR count). The molecular weight excluding hydrogens is 296 g/mol. The molecule has 0 amide bonds. The molecule has 2 aromatic rings. The molecule has 3 nitrogen and oxygen atoms in total. The van der Waals surface area contributed by atoms with Gasteiger partial charge in [0.25, 0.3) is 0 Å². The highest BCUT2D eigenvalue weighted by Gasteiger charge is 2.23. The van der Waals surface area contributed by atoms with Crippen LogP contribution in [0, 0.1) is 6.92 Å². The topological polar surface area (TPSA) is 38.2 Å². The molecular formula is C18H20ClN2O+. The minimum atomic E-state index is 0.138. The maximum absolute atomic E-state index is 6.16. The number of hydrogen-bond acceptors (Lipinski definition) is 2. The van der Waals surface area contributed by atoms with E-state index in [2.05, 4.69) is 47.7 Å². The van der Waals surface area contributed by atoms with Gasteiger partial charge in [-0.1, -0.05) is 64.8 Å². The van der Waals surface area contributed by atoms with Gasteiger partial charge in [-0.2, -0.15) is 0 Å². The number of nitrogens with zero attached hydrogens (tertiary/aromatic N) is 1. The van der Waals surface area contributed by atoms with Gasteiger partial charge in [-0.25, -0.2) is 0 Å². The second-order valence-electron chi connectivity index (χ2n) is 5.66. The Balaban J connectivity index is 1.48. The van der Waals surface area contributed by atoms with Crippen LogP contribution in [0.2, 0.25) is 5.02 Å². The molecule has 0 saturated carbocycles. The van der Waals surface area contributed by atoms with Crippen molar-refractivity contribution in [2.24, 2.45) is 5.16 Å². The van der Waals surface area contributed by atoms with Crippen LogP contribution in [0.1, 0.15) is 23.1 Å². The van der Waals surface area contributed by atoms with E-state index in [1.54, 1.807) is 0 Å². The van der Waals surface area contributed by atoms with E-state index < -0.39 is 0 Å². The van der Waals surface area contributed by atoms with Gasteiger partial charge in [-0.15, -0.1) is 0 Å². The number of quaternary nitrogens is 1. The summed E-state index contributed by atoms with van der Waals surface area (Å²) in [7, 11) is 0. The molecule has 1 aliphatic rings. The van der Waals surface area contributed by atoms with Crippen LogP contribution in [0.15, 0.2) is 53.7 Å². The monoisotopic (exact) mass is 315 g/mol. The largest absolute Gasteiger partial charge is 0.386 e. The van der Waals surface area contributed by atoms with E-state index in [1.165, 1.54) is 5.56 Å². The Morgan fingerprint density at radius 3 is 2.73 bits per heavy atom. The molecule has 1 atom stereocenters. The Morgan fingerprint density at radius 1 is 1.18 bits per heavy atom. The molecule has 0 fully saturated rings. The van der Waals surface area contributed by atoms with E-state index >= 15 is 0 Å². The van der Waals surface area contributed by atoms with Crippen molar-refractivity contribution in [2.75, 3.05) is 6.54 Å². The second kappa shape index (κ2) is 6.95. The molecule has 0 aromatic heterocycles. The summed E-state index contributed by atoms with van der Waals surface area (Å²) < 4.78 is 0. The van der Waals surface area contributed by atoms with Crippen LogP contribution in [0.25, 0.3) is 0 Å². The molecule has 1 aliphatic heterocycles. The Hall–Kier alpha value is -1.84. The minimum absolute atomic E-state index is 0.138. The molecule has 22 heavy (non-hydrogen) atoms. The second-order valence-corrected chi connectivity index (χ2v) is 6.06. The lowest BCUT2D eigenvalue weighted by Crippen LogP contribution is -2.84. The average Bonchev–Trinajstić information content (AvgIpc) is 2.99. The SMILES string of the molecule is Cc1ccc(C2=NO[C@@H](C[NH2+]Cc3ccccc3Cl)C2)cc1. The number of halogens is 1. The summed E-state index contributed by atoms with van der Waals surface area (Å²) in [6.07, 6.45) is 1.00. The molecule has 2 N–H and O–H groups in total. The quantitative estimate of drug-likeness (QED) is 0.905. The summed E-state index contributed by atoms with van der Waals surface area (Å²) >= 11 is 6.16. The normalized spacial score (nSPS) is 17.2. The number of hydrogen-bond donors (Lipinski definition) is 1. The van der Waals surface area contributed by atoms with Gasteiger partial charge in [0.1, 0.15) is 13.1 Å². The molecule has 4 heteroatoms. The first-order chi connectivity index (χ1) is 10.7. The summed E-state index contributed by atoms with van der Waals surface area (Å²) in [5.74, 6) is 0. The first-order valence-corrected chi connectivity index (χ1v) is 7.95. The van der Waals surface area contributed by atoms with E-state index in [0.717, 1.165) is 41.4 Å². The summed E-state index contributed by atoms with van der Waals surface area (Å²) in [5.41, 5.74) is 4.60. The van der Waals surface area contributed by atoms with Crippen LogP contribution in [0.4, 0.5) is 0 Å². The maximum Gasteiger partial charge on any atom is 0.181 e. The Bertz CT molecular complexity index is 667. The minimum Gasteiger partial charge on any atom is -0.386 e. The van der Waals surface area contributed by atoms with Crippen molar-refractivity contribution in [1.29, 1.82) is 0 Å². The Labute approximate surface area is 135 Å². The van der Waals surface area contributed by atoms with Crippen molar-refractivity contribution in [3.8, 4) is 0 Å². The zero-order chi connectivity index (χ0) is 15.4. The lowest BCUT2D eigenvalue weighted by molar-refractivity contribution is -0.676. The van der Waals surface area contributed by atoms with Crippen LogP contribution in [0.5, 0.6) is 0 Å². The third-order valence-corrected chi connectivity index (χ3v) is 4.24. The van der Waals surface area contributed by atoms with Crippen LogP contribution in [-0.4, -0.2) is 18.4 Å². The van der Waals surface area contributed by atoms with E-state index in [0.29, 0.717) is 0 Å². The fourth-order valence-electron chi connectivity index (χ4n) is 2.56. The van der Waals surface area contributed by atoms with Gasteiger partial charge < -0.3 is 10.2 Å². The van der Waals surface area contributed by atoms with Gasteiger partial charge in [0, 0.05) is 17.0 Å². The summed E-state index contributed by atoms with van der Waals surface area (Å²) in [6, 6.07) is 16.4. The highest BCUT2D eigenvalue weighted by molar-refractivity contribution is 6.31. The van der Waals surface area contributed by atoms with Crippen molar-refractivity contribution in [2.45, 2.75) is 26.0 Å². The van der Waals surface area contributed by atoms with Crippen molar-refractivity contribution < 1.29 is 10.2 Å². The number of benzene rings is 2. The third-order valence-electron chi connectivity index (χ3n) is 3.87. The van der Waals surface area contributed by atoms with Crippen molar-refractivity contribution in [1.82, 2.24) is 0 Å².